The number of thiazole rings is 1. The number of sulfonamides is 1. The molecule has 0 aliphatic carbocycles. The lowest BCUT2D eigenvalue weighted by molar-refractivity contribution is 0.317. The first-order chi connectivity index (χ1) is 6.95. The van der Waals surface area contributed by atoms with E-state index in [0.717, 1.165) is 11.3 Å². The van der Waals surface area contributed by atoms with Crippen molar-refractivity contribution in [1.29, 1.82) is 0 Å². The normalized spacial score (nSPS) is 13.0. The molecule has 0 atom stereocenters. The molecule has 4 N–H and O–H groups in total. The zero-order valence-corrected chi connectivity index (χ0v) is 9.47. The molecule has 1 heterocycles. The van der Waals surface area contributed by atoms with Gasteiger partial charge in [-0.1, -0.05) is 5.16 Å². The molecule has 0 spiro atoms. The first-order valence-corrected chi connectivity index (χ1v) is 6.14. The van der Waals surface area contributed by atoms with Crippen LogP contribution in [0.15, 0.2) is 15.6 Å². The lowest BCUT2D eigenvalue weighted by atomic mass is 10.6. The summed E-state index contributed by atoms with van der Waals surface area (Å²) >= 11 is 1.05. The minimum Gasteiger partial charge on any atom is -0.409 e. The van der Waals surface area contributed by atoms with Crippen LogP contribution < -0.4 is 10.5 Å². The highest BCUT2D eigenvalue weighted by molar-refractivity contribution is 7.91. The van der Waals surface area contributed by atoms with E-state index in [-0.39, 0.29) is 16.6 Å². The lowest BCUT2D eigenvalue weighted by Crippen LogP contribution is -2.33. The van der Waals surface area contributed by atoms with Crippen molar-refractivity contribution in [2.75, 3.05) is 6.54 Å². The van der Waals surface area contributed by atoms with Crippen LogP contribution in [0.25, 0.3) is 0 Å². The molecule has 0 saturated heterocycles. The van der Waals surface area contributed by atoms with E-state index >= 15 is 0 Å². The summed E-state index contributed by atoms with van der Waals surface area (Å²) in [6.45, 7) is 1.46. The Balaban J connectivity index is 2.77. The predicted molar refractivity (Wildman–Crippen MR) is 55.4 cm³/mol. The van der Waals surface area contributed by atoms with E-state index in [9.17, 15) is 8.42 Å². The van der Waals surface area contributed by atoms with Gasteiger partial charge in [0.15, 0.2) is 10.0 Å². The Kier molecular flexibility index (Phi) is 3.61. The summed E-state index contributed by atoms with van der Waals surface area (Å²) < 4.78 is 25.3. The summed E-state index contributed by atoms with van der Waals surface area (Å²) in [6.07, 6.45) is 1.26. The average molecular weight is 250 g/mol. The maximum Gasteiger partial charge on any atom is 0.252 e. The zero-order chi connectivity index (χ0) is 11.5. The minimum atomic E-state index is -3.61. The first-order valence-electron chi connectivity index (χ1n) is 3.84. The molecule has 1 aromatic rings. The maximum absolute atomic E-state index is 11.5. The van der Waals surface area contributed by atoms with Crippen LogP contribution in [-0.4, -0.2) is 31.0 Å². The molecule has 0 aliphatic heterocycles. The SMILES string of the molecule is Cc1ncc(S(=O)(=O)NC/C(N)=N/O)s1. The molecule has 0 aromatic carbocycles. The Morgan fingerprint density at radius 2 is 2.47 bits per heavy atom. The molecular weight excluding hydrogens is 240 g/mol. The fourth-order valence-electron chi connectivity index (χ4n) is 0.742. The van der Waals surface area contributed by atoms with Crippen molar-refractivity contribution >= 4 is 27.2 Å². The molecule has 0 unspecified atom stereocenters. The van der Waals surface area contributed by atoms with Crippen molar-refractivity contribution in [2.24, 2.45) is 10.9 Å². The third-order valence-corrected chi connectivity index (χ3v) is 4.21. The number of amidine groups is 1. The maximum atomic E-state index is 11.5. The molecule has 1 aromatic heterocycles. The highest BCUT2D eigenvalue weighted by atomic mass is 32.2. The molecule has 0 amide bonds. The lowest BCUT2D eigenvalue weighted by Gasteiger charge is -2.01. The predicted octanol–water partition coefficient (Wildman–Crippen LogP) is -0.524. The monoisotopic (exact) mass is 250 g/mol. The third kappa shape index (κ3) is 3.15. The van der Waals surface area contributed by atoms with Crippen molar-refractivity contribution in [1.82, 2.24) is 9.71 Å². The number of aromatic nitrogens is 1. The van der Waals surface area contributed by atoms with Gasteiger partial charge in [-0.05, 0) is 6.92 Å². The number of nitrogens with zero attached hydrogens (tertiary/aromatic N) is 2. The molecule has 0 fully saturated rings. The van der Waals surface area contributed by atoms with Gasteiger partial charge in [0, 0.05) is 0 Å². The summed E-state index contributed by atoms with van der Waals surface area (Å²) in [5.74, 6) is -0.209. The third-order valence-electron chi connectivity index (χ3n) is 1.44. The summed E-state index contributed by atoms with van der Waals surface area (Å²) in [5, 5.41) is 11.5. The number of hydrogen-bond donors (Lipinski definition) is 3. The largest absolute Gasteiger partial charge is 0.409 e. The summed E-state index contributed by atoms with van der Waals surface area (Å²) in [7, 11) is -3.61. The van der Waals surface area contributed by atoms with Crippen LogP contribution in [-0.2, 0) is 10.0 Å². The van der Waals surface area contributed by atoms with E-state index in [1.165, 1.54) is 6.20 Å². The molecule has 0 radical (unpaired) electrons. The summed E-state index contributed by atoms with van der Waals surface area (Å²) in [6, 6.07) is 0. The quantitative estimate of drug-likeness (QED) is 0.287. The van der Waals surface area contributed by atoms with Gasteiger partial charge in [-0.2, -0.15) is 0 Å². The van der Waals surface area contributed by atoms with Crippen LogP contribution in [0.3, 0.4) is 0 Å². The van der Waals surface area contributed by atoms with Gasteiger partial charge < -0.3 is 10.9 Å². The molecule has 0 saturated carbocycles. The molecule has 7 nitrogen and oxygen atoms in total. The number of nitrogens with one attached hydrogen (secondary N) is 1. The van der Waals surface area contributed by atoms with Crippen molar-refractivity contribution in [3.63, 3.8) is 0 Å². The average Bonchev–Trinajstić information content (AvgIpc) is 2.62. The number of aryl methyl sites for hydroxylation is 1. The zero-order valence-electron chi connectivity index (χ0n) is 7.84. The van der Waals surface area contributed by atoms with Crippen molar-refractivity contribution in [3.8, 4) is 0 Å². The van der Waals surface area contributed by atoms with E-state index in [1.54, 1.807) is 6.92 Å². The van der Waals surface area contributed by atoms with Gasteiger partial charge in [0.05, 0.1) is 17.7 Å². The van der Waals surface area contributed by atoms with Crippen LogP contribution in [0.4, 0.5) is 0 Å². The van der Waals surface area contributed by atoms with Gasteiger partial charge in [0.1, 0.15) is 0 Å². The summed E-state index contributed by atoms with van der Waals surface area (Å²) in [4.78, 5) is 3.82. The van der Waals surface area contributed by atoms with Gasteiger partial charge in [-0.3, -0.25) is 0 Å². The number of nitrogens with two attached hydrogens (primary N) is 1. The Labute approximate surface area is 90.7 Å². The Morgan fingerprint density at radius 1 is 1.80 bits per heavy atom. The number of hydrogen-bond acceptors (Lipinski definition) is 6. The van der Waals surface area contributed by atoms with Gasteiger partial charge in [-0.25, -0.2) is 18.1 Å². The second-order valence-corrected chi connectivity index (χ2v) is 5.84. The highest BCUT2D eigenvalue weighted by Gasteiger charge is 2.16. The van der Waals surface area contributed by atoms with Crippen LogP contribution in [0, 0.1) is 6.92 Å². The van der Waals surface area contributed by atoms with Gasteiger partial charge in [0.2, 0.25) is 0 Å². The minimum absolute atomic E-state index is 0.103. The van der Waals surface area contributed by atoms with E-state index in [4.69, 9.17) is 10.9 Å². The van der Waals surface area contributed by atoms with Crippen molar-refractivity contribution in [2.45, 2.75) is 11.1 Å². The highest BCUT2D eigenvalue weighted by Crippen LogP contribution is 2.16. The van der Waals surface area contributed by atoms with E-state index in [1.807, 2.05) is 0 Å². The van der Waals surface area contributed by atoms with Crippen LogP contribution in [0.5, 0.6) is 0 Å². The van der Waals surface area contributed by atoms with Crippen LogP contribution >= 0.6 is 11.3 Å². The van der Waals surface area contributed by atoms with E-state index in [0.29, 0.717) is 5.01 Å². The second kappa shape index (κ2) is 4.55. The van der Waals surface area contributed by atoms with Gasteiger partial charge >= 0.3 is 0 Å². The number of oxime groups is 1. The standard InChI is InChI=1S/C6H10N4O3S2/c1-4-8-3-6(14-4)15(12,13)9-2-5(7)10-11/h3,9,11H,2H2,1H3,(H2,7,10). The molecule has 0 aliphatic rings. The molecule has 15 heavy (non-hydrogen) atoms. The molecule has 9 heteroatoms. The summed E-state index contributed by atoms with van der Waals surface area (Å²) in [5.41, 5.74) is 5.12. The van der Waals surface area contributed by atoms with Crippen LogP contribution in [0.1, 0.15) is 5.01 Å². The first kappa shape index (κ1) is 11.9. The molecule has 84 valence electrons. The van der Waals surface area contributed by atoms with Gasteiger partial charge in [0.25, 0.3) is 10.0 Å². The van der Waals surface area contributed by atoms with Gasteiger partial charge in [-0.15, -0.1) is 11.3 Å². The molecule has 0 bridgehead atoms. The van der Waals surface area contributed by atoms with E-state index in [2.05, 4.69) is 14.9 Å². The smallest absolute Gasteiger partial charge is 0.252 e. The molecular formula is C6H10N4O3S2. The van der Waals surface area contributed by atoms with Crippen molar-refractivity contribution < 1.29 is 13.6 Å². The fourth-order valence-corrected chi connectivity index (χ4v) is 2.89. The molecule has 1 rings (SSSR count). The Hall–Kier alpha value is -1.19. The van der Waals surface area contributed by atoms with Crippen LogP contribution in [0.2, 0.25) is 0 Å². The Bertz CT molecular complexity index is 464. The second-order valence-electron chi connectivity index (χ2n) is 2.61. The fraction of sp³-hybridized carbons (Fsp3) is 0.333. The number of rotatable bonds is 4. The Morgan fingerprint density at radius 3 is 2.93 bits per heavy atom. The topological polar surface area (TPSA) is 118 Å². The van der Waals surface area contributed by atoms with Crippen molar-refractivity contribution in [3.05, 3.63) is 11.2 Å². The van der Waals surface area contributed by atoms with E-state index < -0.39 is 10.0 Å².